The lowest BCUT2D eigenvalue weighted by atomic mass is 10.2. The zero-order valence-corrected chi connectivity index (χ0v) is 11.9. The number of carbonyl (C=O) groups is 1. The first-order valence-corrected chi connectivity index (χ1v) is 6.85. The average molecular weight is 293 g/mol. The van der Waals surface area contributed by atoms with Gasteiger partial charge in [0.2, 0.25) is 0 Å². The Balaban J connectivity index is 2.27. The summed E-state index contributed by atoms with van der Waals surface area (Å²) in [6.45, 7) is 0. The van der Waals surface area contributed by atoms with Crippen LogP contribution in [0.1, 0.15) is 10.4 Å². The van der Waals surface area contributed by atoms with Crippen LogP contribution in [-0.2, 0) is 0 Å². The topological polar surface area (TPSA) is 55.1 Å². The fraction of sp³-hybridized carbons (Fsp3) is 0.0714. The van der Waals surface area contributed by atoms with E-state index in [0.29, 0.717) is 16.3 Å². The van der Waals surface area contributed by atoms with Crippen molar-refractivity contribution < 1.29 is 4.79 Å². The third-order valence-corrected chi connectivity index (χ3v) is 4.16. The summed E-state index contributed by atoms with van der Waals surface area (Å²) in [4.78, 5) is 13.3. The van der Waals surface area contributed by atoms with Gasteiger partial charge in [-0.15, -0.1) is 0 Å². The highest BCUT2D eigenvalue weighted by Gasteiger charge is 2.09. The second kappa shape index (κ2) is 5.99. The van der Waals surface area contributed by atoms with Crippen LogP contribution in [0.5, 0.6) is 0 Å². The Labute approximate surface area is 121 Å². The first-order chi connectivity index (χ1) is 9.11. The minimum atomic E-state index is -0.152. The smallest absolute Gasteiger partial charge is 0.251 e. The summed E-state index contributed by atoms with van der Waals surface area (Å²) >= 11 is 7.59. The molecule has 0 saturated carbocycles. The Kier molecular flexibility index (Phi) is 4.35. The monoisotopic (exact) mass is 292 g/mol. The van der Waals surface area contributed by atoms with E-state index < -0.39 is 0 Å². The van der Waals surface area contributed by atoms with Crippen LogP contribution in [0, 0.1) is 0 Å². The summed E-state index contributed by atoms with van der Waals surface area (Å²) in [5, 5.41) is 3.25. The lowest BCUT2D eigenvalue weighted by molar-refractivity contribution is 0.0963. The summed E-state index contributed by atoms with van der Waals surface area (Å²) in [5.74, 6) is -0.152. The van der Waals surface area contributed by atoms with E-state index in [2.05, 4.69) is 5.32 Å². The predicted molar refractivity (Wildman–Crippen MR) is 79.8 cm³/mol. The number of nitrogens with one attached hydrogen (secondary N) is 1. The van der Waals surface area contributed by atoms with Crippen LogP contribution in [0.4, 0.5) is 5.69 Å². The van der Waals surface area contributed by atoms with E-state index in [-0.39, 0.29) is 5.91 Å². The molecule has 5 heteroatoms. The first-order valence-electron chi connectivity index (χ1n) is 5.66. The van der Waals surface area contributed by atoms with Gasteiger partial charge in [0.1, 0.15) is 0 Å². The summed E-state index contributed by atoms with van der Waals surface area (Å²) in [6, 6.07) is 12.8. The zero-order chi connectivity index (χ0) is 13.8. The third kappa shape index (κ3) is 3.22. The zero-order valence-electron chi connectivity index (χ0n) is 10.3. The molecule has 0 heterocycles. The van der Waals surface area contributed by atoms with Crippen molar-refractivity contribution in [1.29, 1.82) is 0 Å². The van der Waals surface area contributed by atoms with Crippen molar-refractivity contribution in [3.05, 3.63) is 53.1 Å². The van der Waals surface area contributed by atoms with Crippen LogP contribution in [0.2, 0.25) is 5.02 Å². The molecule has 2 aromatic carbocycles. The number of halogens is 1. The predicted octanol–water partition coefficient (Wildman–Crippen LogP) is 3.43. The Bertz CT molecular complexity index is 616. The molecule has 0 spiro atoms. The number of nitrogens with two attached hydrogens (primary N) is 1. The van der Waals surface area contributed by atoms with Crippen molar-refractivity contribution in [3.8, 4) is 0 Å². The molecule has 1 amide bonds. The van der Waals surface area contributed by atoms with E-state index >= 15 is 0 Å². The molecule has 0 aliphatic carbocycles. The molecule has 0 fully saturated rings. The molecule has 0 aliphatic heterocycles. The lowest BCUT2D eigenvalue weighted by Crippen LogP contribution is -2.17. The molecule has 0 radical (unpaired) electrons. The fourth-order valence-electron chi connectivity index (χ4n) is 1.57. The van der Waals surface area contributed by atoms with Gasteiger partial charge in [0, 0.05) is 28.1 Å². The molecule has 0 bridgehead atoms. The minimum Gasteiger partial charge on any atom is -0.398 e. The van der Waals surface area contributed by atoms with Crippen molar-refractivity contribution >= 4 is 35.0 Å². The molecular weight excluding hydrogens is 280 g/mol. The number of amides is 1. The van der Waals surface area contributed by atoms with Crippen LogP contribution in [0.15, 0.2) is 52.3 Å². The molecule has 2 aromatic rings. The molecule has 2 rings (SSSR count). The third-order valence-electron chi connectivity index (χ3n) is 2.56. The van der Waals surface area contributed by atoms with Crippen molar-refractivity contribution in [2.45, 2.75) is 9.79 Å². The first kappa shape index (κ1) is 13.8. The number of hydrogen-bond acceptors (Lipinski definition) is 3. The summed E-state index contributed by atoms with van der Waals surface area (Å²) < 4.78 is 0. The van der Waals surface area contributed by atoms with Gasteiger partial charge in [-0.2, -0.15) is 0 Å². The van der Waals surface area contributed by atoms with Crippen LogP contribution in [0.25, 0.3) is 0 Å². The molecule has 0 aromatic heterocycles. The highest BCUT2D eigenvalue weighted by atomic mass is 35.5. The molecule has 3 nitrogen and oxygen atoms in total. The Hall–Kier alpha value is -1.65. The average Bonchev–Trinajstić information content (AvgIpc) is 2.42. The van der Waals surface area contributed by atoms with Gasteiger partial charge in [-0.25, -0.2) is 0 Å². The number of benzene rings is 2. The Morgan fingerprint density at radius 3 is 2.58 bits per heavy atom. The van der Waals surface area contributed by atoms with Crippen molar-refractivity contribution in [2.75, 3.05) is 12.8 Å². The second-order valence-corrected chi connectivity index (χ2v) is 5.36. The maximum atomic E-state index is 11.5. The largest absolute Gasteiger partial charge is 0.398 e. The van der Waals surface area contributed by atoms with Gasteiger partial charge < -0.3 is 11.1 Å². The quantitative estimate of drug-likeness (QED) is 0.852. The van der Waals surface area contributed by atoms with Crippen LogP contribution < -0.4 is 11.1 Å². The summed E-state index contributed by atoms with van der Waals surface area (Å²) in [7, 11) is 1.59. The molecule has 98 valence electrons. The molecule has 0 saturated heterocycles. The Morgan fingerprint density at radius 2 is 1.95 bits per heavy atom. The summed E-state index contributed by atoms with van der Waals surface area (Å²) in [5.41, 5.74) is 7.07. The molecule has 0 unspecified atom stereocenters. The van der Waals surface area contributed by atoms with Crippen molar-refractivity contribution in [1.82, 2.24) is 5.32 Å². The van der Waals surface area contributed by atoms with E-state index in [1.165, 1.54) is 11.8 Å². The van der Waals surface area contributed by atoms with E-state index in [1.54, 1.807) is 19.2 Å². The Morgan fingerprint density at radius 1 is 1.21 bits per heavy atom. The highest BCUT2D eigenvalue weighted by Crippen LogP contribution is 2.36. The number of rotatable bonds is 3. The number of hydrogen-bond donors (Lipinski definition) is 2. The van der Waals surface area contributed by atoms with Gasteiger partial charge in [-0.05, 0) is 30.3 Å². The molecule has 0 aliphatic rings. The van der Waals surface area contributed by atoms with Gasteiger partial charge in [0.25, 0.3) is 5.91 Å². The number of nitrogen functional groups attached to an aromatic ring is 1. The van der Waals surface area contributed by atoms with Crippen LogP contribution in [0.3, 0.4) is 0 Å². The van der Waals surface area contributed by atoms with Gasteiger partial charge >= 0.3 is 0 Å². The number of anilines is 1. The molecular formula is C14H13ClN2OS. The molecule has 0 atom stereocenters. The summed E-state index contributed by atoms with van der Waals surface area (Å²) in [6.07, 6.45) is 0. The second-order valence-electron chi connectivity index (χ2n) is 3.86. The lowest BCUT2D eigenvalue weighted by Gasteiger charge is -2.08. The van der Waals surface area contributed by atoms with Crippen LogP contribution in [-0.4, -0.2) is 13.0 Å². The van der Waals surface area contributed by atoms with Crippen molar-refractivity contribution in [2.24, 2.45) is 0 Å². The van der Waals surface area contributed by atoms with Gasteiger partial charge in [-0.1, -0.05) is 35.5 Å². The van der Waals surface area contributed by atoms with E-state index in [0.717, 1.165) is 9.79 Å². The van der Waals surface area contributed by atoms with E-state index in [4.69, 9.17) is 17.3 Å². The van der Waals surface area contributed by atoms with Crippen molar-refractivity contribution in [3.63, 3.8) is 0 Å². The maximum absolute atomic E-state index is 11.5. The van der Waals surface area contributed by atoms with Gasteiger partial charge in [-0.3, -0.25) is 4.79 Å². The minimum absolute atomic E-state index is 0.152. The highest BCUT2D eigenvalue weighted by molar-refractivity contribution is 7.99. The standard InChI is InChI=1S/C14H13ClN2OS/c1-17-14(18)9-6-7-13(11(16)8-9)19-12-5-3-2-4-10(12)15/h2-8H,16H2,1H3,(H,17,18). The van der Waals surface area contributed by atoms with Gasteiger partial charge in [0.15, 0.2) is 0 Å². The fourth-order valence-corrected chi connectivity index (χ4v) is 2.69. The van der Waals surface area contributed by atoms with E-state index in [1.807, 2.05) is 30.3 Å². The van der Waals surface area contributed by atoms with Crippen LogP contribution >= 0.6 is 23.4 Å². The van der Waals surface area contributed by atoms with Gasteiger partial charge in [0.05, 0.1) is 5.02 Å². The number of carbonyl (C=O) groups excluding carboxylic acids is 1. The molecule has 3 N–H and O–H groups in total. The molecule has 19 heavy (non-hydrogen) atoms. The SMILES string of the molecule is CNC(=O)c1ccc(Sc2ccccc2Cl)c(N)c1. The van der Waals surface area contributed by atoms with E-state index in [9.17, 15) is 4.79 Å². The maximum Gasteiger partial charge on any atom is 0.251 e. The normalized spacial score (nSPS) is 10.2.